The molecule has 1 amide bonds. The summed E-state index contributed by atoms with van der Waals surface area (Å²) in [6.07, 6.45) is 10.3. The fourth-order valence-electron chi connectivity index (χ4n) is 4.41. The minimum Gasteiger partial charge on any atom is -0.436 e. The number of rotatable bonds is 9. The van der Waals surface area contributed by atoms with Crippen LogP contribution in [0.15, 0.2) is 36.5 Å². The molecule has 0 spiro atoms. The molecule has 0 saturated heterocycles. The van der Waals surface area contributed by atoms with Crippen molar-refractivity contribution in [2.45, 2.75) is 70.8 Å². The SMILES string of the molecule is CC(C)CCC(N)(CC1CCCCC1)c1ccc(Oc2ccc(C(N)=O)cn2)c(F)c1. The monoisotopic (exact) mass is 427 g/mol. The van der Waals surface area contributed by atoms with Crippen molar-refractivity contribution in [2.24, 2.45) is 23.3 Å². The van der Waals surface area contributed by atoms with Crippen LogP contribution in [0.3, 0.4) is 0 Å². The van der Waals surface area contributed by atoms with Crippen molar-refractivity contribution in [3.05, 3.63) is 53.5 Å². The summed E-state index contributed by atoms with van der Waals surface area (Å²) in [6.45, 7) is 4.38. The lowest BCUT2D eigenvalue weighted by Gasteiger charge is -2.36. The summed E-state index contributed by atoms with van der Waals surface area (Å²) in [7, 11) is 0. The number of hydrogen-bond donors (Lipinski definition) is 2. The third kappa shape index (κ3) is 6.26. The Morgan fingerprint density at radius 2 is 1.97 bits per heavy atom. The highest BCUT2D eigenvalue weighted by Crippen LogP contribution is 2.39. The molecular formula is C25H34FN3O2. The molecule has 0 radical (unpaired) electrons. The number of aromatic nitrogens is 1. The van der Waals surface area contributed by atoms with Gasteiger partial charge in [0.15, 0.2) is 11.6 Å². The zero-order valence-electron chi connectivity index (χ0n) is 18.6. The van der Waals surface area contributed by atoms with E-state index in [-0.39, 0.29) is 17.2 Å². The van der Waals surface area contributed by atoms with Gasteiger partial charge in [0.05, 0.1) is 5.56 Å². The highest BCUT2D eigenvalue weighted by molar-refractivity contribution is 5.92. The number of amides is 1. The molecule has 0 aliphatic heterocycles. The summed E-state index contributed by atoms with van der Waals surface area (Å²) in [6, 6.07) is 7.99. The number of benzene rings is 1. The van der Waals surface area contributed by atoms with E-state index in [0.29, 0.717) is 11.8 Å². The van der Waals surface area contributed by atoms with E-state index in [1.165, 1.54) is 56.5 Å². The third-order valence-corrected chi connectivity index (χ3v) is 6.29. The van der Waals surface area contributed by atoms with E-state index in [0.717, 1.165) is 24.8 Å². The topological polar surface area (TPSA) is 91.2 Å². The van der Waals surface area contributed by atoms with E-state index < -0.39 is 17.3 Å². The van der Waals surface area contributed by atoms with Crippen LogP contribution in [0.2, 0.25) is 0 Å². The van der Waals surface area contributed by atoms with Gasteiger partial charge in [-0.15, -0.1) is 0 Å². The van der Waals surface area contributed by atoms with Crippen molar-refractivity contribution >= 4 is 5.91 Å². The maximum Gasteiger partial charge on any atom is 0.250 e. The molecule has 1 aliphatic carbocycles. The van der Waals surface area contributed by atoms with Crippen LogP contribution >= 0.6 is 0 Å². The first kappa shape index (κ1) is 23.2. The maximum absolute atomic E-state index is 15.0. The first-order chi connectivity index (χ1) is 14.8. The molecule has 0 bridgehead atoms. The van der Waals surface area contributed by atoms with Gasteiger partial charge in [-0.3, -0.25) is 4.79 Å². The molecule has 1 atom stereocenters. The van der Waals surface area contributed by atoms with E-state index in [1.54, 1.807) is 6.07 Å². The van der Waals surface area contributed by atoms with Gasteiger partial charge in [-0.25, -0.2) is 9.37 Å². The molecular weight excluding hydrogens is 393 g/mol. The Hall–Kier alpha value is -2.47. The number of ether oxygens (including phenoxy) is 1. The first-order valence-electron chi connectivity index (χ1n) is 11.3. The Bertz CT molecular complexity index is 879. The Kier molecular flexibility index (Phi) is 7.65. The van der Waals surface area contributed by atoms with Crippen molar-refractivity contribution < 1.29 is 13.9 Å². The van der Waals surface area contributed by atoms with Crippen LogP contribution in [-0.4, -0.2) is 10.9 Å². The molecule has 2 aromatic rings. The average molecular weight is 428 g/mol. The maximum atomic E-state index is 15.0. The number of hydrogen-bond acceptors (Lipinski definition) is 4. The molecule has 31 heavy (non-hydrogen) atoms. The second-order valence-electron chi connectivity index (χ2n) is 9.29. The molecule has 1 aromatic carbocycles. The van der Waals surface area contributed by atoms with Gasteiger partial charge >= 0.3 is 0 Å². The summed E-state index contributed by atoms with van der Waals surface area (Å²) < 4.78 is 20.5. The highest BCUT2D eigenvalue weighted by Gasteiger charge is 2.32. The van der Waals surface area contributed by atoms with Gasteiger partial charge in [0.25, 0.3) is 0 Å². The van der Waals surface area contributed by atoms with Crippen molar-refractivity contribution in [3.8, 4) is 11.6 Å². The lowest BCUT2D eigenvalue weighted by Crippen LogP contribution is -2.39. The number of pyridine rings is 1. The summed E-state index contributed by atoms with van der Waals surface area (Å²) in [5.74, 6) is 0.355. The van der Waals surface area contributed by atoms with Gasteiger partial charge in [0.1, 0.15) is 0 Å². The summed E-state index contributed by atoms with van der Waals surface area (Å²) >= 11 is 0. The Morgan fingerprint density at radius 3 is 2.55 bits per heavy atom. The van der Waals surface area contributed by atoms with Crippen LogP contribution in [-0.2, 0) is 5.54 Å². The molecule has 1 aliphatic rings. The predicted octanol–water partition coefficient (Wildman–Crippen LogP) is 5.67. The van der Waals surface area contributed by atoms with Gasteiger partial charge in [0, 0.05) is 17.8 Å². The fourth-order valence-corrected chi connectivity index (χ4v) is 4.41. The Labute approximate surface area is 184 Å². The largest absolute Gasteiger partial charge is 0.436 e. The molecule has 4 N–H and O–H groups in total. The summed E-state index contributed by atoms with van der Waals surface area (Å²) in [5, 5.41) is 0. The lowest BCUT2D eigenvalue weighted by molar-refractivity contribution is 0.1000. The van der Waals surface area contributed by atoms with Crippen LogP contribution in [0.1, 0.15) is 81.1 Å². The number of nitrogens with two attached hydrogens (primary N) is 2. The van der Waals surface area contributed by atoms with Crippen LogP contribution in [0, 0.1) is 17.7 Å². The van der Waals surface area contributed by atoms with Crippen molar-refractivity contribution in [2.75, 3.05) is 0 Å². The predicted molar refractivity (Wildman–Crippen MR) is 120 cm³/mol. The molecule has 1 saturated carbocycles. The second-order valence-corrected chi connectivity index (χ2v) is 9.29. The molecule has 5 nitrogen and oxygen atoms in total. The van der Waals surface area contributed by atoms with E-state index >= 15 is 0 Å². The molecule has 168 valence electrons. The van der Waals surface area contributed by atoms with E-state index in [1.807, 2.05) is 6.07 Å². The lowest BCUT2D eigenvalue weighted by atomic mass is 9.74. The fraction of sp³-hybridized carbons (Fsp3) is 0.520. The quantitative estimate of drug-likeness (QED) is 0.539. The first-order valence-corrected chi connectivity index (χ1v) is 11.3. The van der Waals surface area contributed by atoms with Gasteiger partial charge in [-0.1, -0.05) is 52.0 Å². The minimum absolute atomic E-state index is 0.0759. The molecule has 1 heterocycles. The molecule has 3 rings (SSSR count). The standard InChI is InChI=1S/C25H34FN3O2/c1-17(2)12-13-25(28,15-18-6-4-3-5-7-18)20-9-10-22(21(26)14-20)31-23-11-8-19(16-29-23)24(27)30/h8-11,14,16-18H,3-7,12-13,15,28H2,1-2H3,(H2,27,30). The van der Waals surface area contributed by atoms with Gasteiger partial charge in [-0.05, 0) is 54.9 Å². The van der Waals surface area contributed by atoms with Gasteiger partial charge in [-0.2, -0.15) is 0 Å². The molecule has 1 unspecified atom stereocenters. The van der Waals surface area contributed by atoms with Gasteiger partial charge in [0.2, 0.25) is 11.8 Å². The zero-order chi connectivity index (χ0) is 22.4. The van der Waals surface area contributed by atoms with Crippen molar-refractivity contribution in [3.63, 3.8) is 0 Å². The molecule has 6 heteroatoms. The highest BCUT2D eigenvalue weighted by atomic mass is 19.1. The van der Waals surface area contributed by atoms with E-state index in [2.05, 4.69) is 18.8 Å². The van der Waals surface area contributed by atoms with E-state index in [4.69, 9.17) is 16.2 Å². The van der Waals surface area contributed by atoms with Crippen LogP contribution < -0.4 is 16.2 Å². The zero-order valence-corrected chi connectivity index (χ0v) is 18.6. The number of halogens is 1. The normalized spacial score (nSPS) is 16.8. The molecule has 1 aromatic heterocycles. The second kappa shape index (κ2) is 10.2. The summed E-state index contributed by atoms with van der Waals surface area (Å²) in [4.78, 5) is 15.2. The van der Waals surface area contributed by atoms with E-state index in [9.17, 15) is 9.18 Å². The van der Waals surface area contributed by atoms with Crippen molar-refractivity contribution in [1.29, 1.82) is 0 Å². The van der Waals surface area contributed by atoms with Crippen LogP contribution in [0.4, 0.5) is 4.39 Å². The van der Waals surface area contributed by atoms with Crippen molar-refractivity contribution in [1.82, 2.24) is 4.98 Å². The Morgan fingerprint density at radius 1 is 1.23 bits per heavy atom. The number of primary amides is 1. The smallest absolute Gasteiger partial charge is 0.250 e. The summed E-state index contributed by atoms with van der Waals surface area (Å²) in [5.41, 5.74) is 12.7. The molecule has 1 fully saturated rings. The van der Waals surface area contributed by atoms with Crippen LogP contribution in [0.25, 0.3) is 0 Å². The Balaban J connectivity index is 1.79. The van der Waals surface area contributed by atoms with Gasteiger partial charge < -0.3 is 16.2 Å². The minimum atomic E-state index is -0.576. The number of carbonyl (C=O) groups excluding carboxylic acids is 1. The average Bonchev–Trinajstić information content (AvgIpc) is 2.75. The number of nitrogens with zero attached hydrogens (tertiary/aromatic N) is 1. The number of carbonyl (C=O) groups is 1. The van der Waals surface area contributed by atoms with Crippen LogP contribution in [0.5, 0.6) is 11.6 Å². The third-order valence-electron chi connectivity index (χ3n) is 6.29.